The van der Waals surface area contributed by atoms with E-state index in [1.54, 1.807) is 18.2 Å². The fraction of sp³-hybridized carbons (Fsp3) is 0.176. The van der Waals surface area contributed by atoms with Gasteiger partial charge in [-0.15, -0.1) is 0 Å². The normalized spacial score (nSPS) is 10.0. The Labute approximate surface area is 134 Å². The molecule has 1 N–H and O–H groups in total. The quantitative estimate of drug-likeness (QED) is 0.826. The van der Waals surface area contributed by atoms with E-state index in [4.69, 9.17) is 21.6 Å². The van der Waals surface area contributed by atoms with Crippen LogP contribution < -0.4 is 5.32 Å². The van der Waals surface area contributed by atoms with Gasteiger partial charge in [0.2, 0.25) is 5.91 Å². The highest BCUT2D eigenvalue weighted by Crippen LogP contribution is 2.20. The van der Waals surface area contributed by atoms with Crippen molar-refractivity contribution in [2.24, 2.45) is 0 Å². The van der Waals surface area contributed by atoms with E-state index in [-0.39, 0.29) is 12.3 Å². The molecular formula is C17H15ClN2O2. The molecule has 0 spiro atoms. The zero-order chi connectivity index (χ0) is 15.8. The number of ether oxygens (including phenoxy) is 1. The van der Waals surface area contributed by atoms with Crippen LogP contribution in [0.4, 0.5) is 5.69 Å². The third kappa shape index (κ3) is 4.88. The highest BCUT2D eigenvalue weighted by atomic mass is 35.5. The molecule has 5 heteroatoms. The van der Waals surface area contributed by atoms with Crippen LogP contribution >= 0.6 is 11.6 Å². The van der Waals surface area contributed by atoms with E-state index < -0.39 is 0 Å². The maximum atomic E-state index is 11.8. The predicted octanol–water partition coefficient (Wildman–Crippen LogP) is 3.76. The van der Waals surface area contributed by atoms with Crippen molar-refractivity contribution in [3.05, 3.63) is 64.7 Å². The molecule has 0 atom stereocenters. The summed E-state index contributed by atoms with van der Waals surface area (Å²) in [6.45, 7) is 0.821. The van der Waals surface area contributed by atoms with Crippen LogP contribution in [0.1, 0.15) is 17.5 Å². The van der Waals surface area contributed by atoms with Gasteiger partial charge in [0.1, 0.15) is 6.07 Å². The number of nitriles is 1. The van der Waals surface area contributed by atoms with Crippen LogP contribution in [0.15, 0.2) is 48.5 Å². The molecular weight excluding hydrogens is 300 g/mol. The zero-order valence-corrected chi connectivity index (χ0v) is 12.6. The maximum Gasteiger partial charge on any atom is 0.226 e. The molecule has 0 saturated carbocycles. The lowest BCUT2D eigenvalue weighted by molar-refractivity contribution is -0.117. The minimum absolute atomic E-state index is 0.158. The summed E-state index contributed by atoms with van der Waals surface area (Å²) in [7, 11) is 0. The van der Waals surface area contributed by atoms with Crippen LogP contribution in [0.2, 0.25) is 5.02 Å². The van der Waals surface area contributed by atoms with Crippen molar-refractivity contribution in [1.29, 1.82) is 5.26 Å². The number of hydrogen-bond acceptors (Lipinski definition) is 3. The number of benzene rings is 2. The Morgan fingerprint density at radius 2 is 2.00 bits per heavy atom. The third-order valence-electron chi connectivity index (χ3n) is 2.96. The number of carbonyl (C=O) groups is 1. The Kier molecular flexibility index (Phi) is 5.96. The molecule has 0 heterocycles. The zero-order valence-electron chi connectivity index (χ0n) is 11.9. The standard InChI is InChI=1S/C17H15ClN2O2/c18-16-10-15(7-6-14(16)11-19)20-17(21)8-9-22-12-13-4-2-1-3-5-13/h1-7,10H,8-9,12H2,(H,20,21). The number of hydrogen-bond donors (Lipinski definition) is 1. The molecule has 0 fully saturated rings. The Morgan fingerprint density at radius 1 is 1.23 bits per heavy atom. The molecule has 0 aliphatic heterocycles. The first kappa shape index (κ1) is 16.0. The van der Waals surface area contributed by atoms with Crippen LogP contribution in [0, 0.1) is 11.3 Å². The molecule has 0 unspecified atom stereocenters. The lowest BCUT2D eigenvalue weighted by atomic mass is 10.2. The first-order valence-electron chi connectivity index (χ1n) is 6.80. The molecule has 112 valence electrons. The van der Waals surface area contributed by atoms with E-state index >= 15 is 0 Å². The minimum atomic E-state index is -0.158. The van der Waals surface area contributed by atoms with Crippen LogP contribution in [0.25, 0.3) is 0 Å². The monoisotopic (exact) mass is 314 g/mol. The topological polar surface area (TPSA) is 62.1 Å². The van der Waals surface area contributed by atoms with E-state index in [9.17, 15) is 4.79 Å². The lowest BCUT2D eigenvalue weighted by Crippen LogP contribution is -2.14. The van der Waals surface area contributed by atoms with Crippen LogP contribution in [0.3, 0.4) is 0 Å². The maximum absolute atomic E-state index is 11.8. The minimum Gasteiger partial charge on any atom is -0.376 e. The first-order chi connectivity index (χ1) is 10.7. The van der Waals surface area contributed by atoms with Crippen molar-refractivity contribution < 1.29 is 9.53 Å². The van der Waals surface area contributed by atoms with Crippen LogP contribution in [0.5, 0.6) is 0 Å². The Bertz CT molecular complexity index is 681. The molecule has 2 rings (SSSR count). The average Bonchev–Trinajstić information content (AvgIpc) is 2.53. The Hall–Kier alpha value is -2.35. The summed E-state index contributed by atoms with van der Waals surface area (Å²) in [4.78, 5) is 11.8. The molecule has 0 saturated heterocycles. The molecule has 0 aliphatic carbocycles. The molecule has 1 amide bonds. The molecule has 4 nitrogen and oxygen atoms in total. The Balaban J connectivity index is 1.74. The van der Waals surface area contributed by atoms with Crippen molar-refractivity contribution >= 4 is 23.2 Å². The van der Waals surface area contributed by atoms with Gasteiger partial charge in [-0.05, 0) is 23.8 Å². The summed E-state index contributed by atoms with van der Waals surface area (Å²) in [5.74, 6) is -0.158. The van der Waals surface area contributed by atoms with Crippen molar-refractivity contribution in [3.8, 4) is 6.07 Å². The molecule has 0 aromatic heterocycles. The Morgan fingerprint density at radius 3 is 2.68 bits per heavy atom. The van der Waals surface area contributed by atoms with Gasteiger partial charge in [-0.25, -0.2) is 0 Å². The largest absolute Gasteiger partial charge is 0.376 e. The summed E-state index contributed by atoms with van der Waals surface area (Å²) in [6.07, 6.45) is 0.254. The molecule has 2 aromatic rings. The SMILES string of the molecule is N#Cc1ccc(NC(=O)CCOCc2ccccc2)cc1Cl. The summed E-state index contributed by atoms with van der Waals surface area (Å²) in [5.41, 5.74) is 2.02. The van der Waals surface area contributed by atoms with Crippen LogP contribution in [-0.4, -0.2) is 12.5 Å². The third-order valence-corrected chi connectivity index (χ3v) is 3.27. The van der Waals surface area contributed by atoms with Crippen molar-refractivity contribution in [2.45, 2.75) is 13.0 Å². The molecule has 0 radical (unpaired) electrons. The average molecular weight is 315 g/mol. The van der Waals surface area contributed by atoms with E-state index in [1.165, 1.54) is 0 Å². The van der Waals surface area contributed by atoms with Gasteiger partial charge in [-0.3, -0.25) is 4.79 Å². The number of anilines is 1. The first-order valence-corrected chi connectivity index (χ1v) is 7.18. The summed E-state index contributed by atoms with van der Waals surface area (Å²) >= 11 is 5.91. The molecule has 0 bridgehead atoms. The van der Waals surface area contributed by atoms with Gasteiger partial charge in [-0.2, -0.15) is 5.26 Å². The molecule has 2 aromatic carbocycles. The van der Waals surface area contributed by atoms with E-state index in [0.29, 0.717) is 29.5 Å². The summed E-state index contributed by atoms with van der Waals surface area (Å²) in [5, 5.41) is 11.8. The predicted molar refractivity (Wildman–Crippen MR) is 85.5 cm³/mol. The van der Waals surface area contributed by atoms with Crippen molar-refractivity contribution in [1.82, 2.24) is 0 Å². The second-order valence-corrected chi connectivity index (χ2v) is 5.05. The highest BCUT2D eigenvalue weighted by molar-refractivity contribution is 6.32. The number of carbonyl (C=O) groups excluding carboxylic acids is 1. The van der Waals surface area contributed by atoms with Gasteiger partial charge >= 0.3 is 0 Å². The van der Waals surface area contributed by atoms with Gasteiger partial charge in [0, 0.05) is 5.69 Å². The van der Waals surface area contributed by atoms with Gasteiger partial charge < -0.3 is 10.1 Å². The molecule has 0 aliphatic rings. The van der Waals surface area contributed by atoms with Crippen molar-refractivity contribution in [2.75, 3.05) is 11.9 Å². The summed E-state index contributed by atoms with van der Waals surface area (Å²) < 4.78 is 5.46. The second kappa shape index (κ2) is 8.18. The molecule has 22 heavy (non-hydrogen) atoms. The number of nitrogens with zero attached hydrogens (tertiary/aromatic N) is 1. The van der Waals surface area contributed by atoms with Gasteiger partial charge in [0.15, 0.2) is 0 Å². The van der Waals surface area contributed by atoms with Gasteiger partial charge in [0.25, 0.3) is 0 Å². The fourth-order valence-electron chi connectivity index (χ4n) is 1.84. The van der Waals surface area contributed by atoms with Gasteiger partial charge in [0.05, 0.1) is 30.2 Å². The summed E-state index contributed by atoms with van der Waals surface area (Å²) in [6, 6.07) is 16.5. The second-order valence-electron chi connectivity index (χ2n) is 4.64. The number of nitrogens with one attached hydrogen (secondary N) is 1. The number of halogens is 1. The lowest BCUT2D eigenvalue weighted by Gasteiger charge is -2.07. The highest BCUT2D eigenvalue weighted by Gasteiger charge is 2.05. The van der Waals surface area contributed by atoms with Gasteiger partial charge in [-0.1, -0.05) is 41.9 Å². The van der Waals surface area contributed by atoms with Crippen LogP contribution in [-0.2, 0) is 16.1 Å². The van der Waals surface area contributed by atoms with E-state index in [2.05, 4.69) is 5.32 Å². The van der Waals surface area contributed by atoms with Crippen molar-refractivity contribution in [3.63, 3.8) is 0 Å². The van der Waals surface area contributed by atoms with E-state index in [0.717, 1.165) is 5.56 Å². The number of rotatable bonds is 6. The fourth-order valence-corrected chi connectivity index (χ4v) is 2.06. The number of amides is 1. The van der Waals surface area contributed by atoms with E-state index in [1.807, 2.05) is 36.4 Å². The smallest absolute Gasteiger partial charge is 0.226 e.